The molecule has 0 aliphatic carbocycles. The van der Waals surface area contributed by atoms with Crippen molar-refractivity contribution in [3.63, 3.8) is 0 Å². The highest BCUT2D eigenvalue weighted by Gasteiger charge is 2.26. The van der Waals surface area contributed by atoms with Crippen LogP contribution in [0.15, 0.2) is 53.4 Å². The van der Waals surface area contributed by atoms with Gasteiger partial charge in [0.1, 0.15) is 0 Å². The lowest BCUT2D eigenvalue weighted by molar-refractivity contribution is 0.102. The van der Waals surface area contributed by atoms with Crippen LogP contribution in [0.2, 0.25) is 0 Å². The lowest BCUT2D eigenvalue weighted by Crippen LogP contribution is -2.35. The minimum Gasteiger partial charge on any atom is -0.321 e. The van der Waals surface area contributed by atoms with E-state index < -0.39 is 10.0 Å². The summed E-state index contributed by atoms with van der Waals surface area (Å²) in [4.78, 5) is 14.5. The van der Waals surface area contributed by atoms with Crippen LogP contribution in [-0.4, -0.2) is 51.9 Å². The van der Waals surface area contributed by atoms with Gasteiger partial charge in [0.25, 0.3) is 5.91 Å². The van der Waals surface area contributed by atoms with Crippen molar-refractivity contribution in [3.05, 3.63) is 54.1 Å². The number of tetrazole rings is 1. The van der Waals surface area contributed by atoms with Crippen molar-refractivity contribution in [2.75, 3.05) is 18.4 Å². The van der Waals surface area contributed by atoms with Gasteiger partial charge in [-0.25, -0.2) is 8.42 Å². The average molecular weight is 441 g/mol. The highest BCUT2D eigenvalue weighted by atomic mass is 32.2. The highest BCUT2D eigenvalue weighted by Crippen LogP contribution is 2.25. The molecule has 162 valence electrons. The van der Waals surface area contributed by atoms with Crippen LogP contribution < -0.4 is 5.32 Å². The molecule has 31 heavy (non-hydrogen) atoms. The summed E-state index contributed by atoms with van der Waals surface area (Å²) in [7, 11) is -3.53. The number of aryl methyl sites for hydroxylation is 1. The maximum atomic E-state index is 12.8. The molecule has 1 aliphatic rings. The van der Waals surface area contributed by atoms with Crippen LogP contribution in [0.3, 0.4) is 0 Å². The predicted molar refractivity (Wildman–Crippen MR) is 116 cm³/mol. The standard InChI is InChI=1S/C21H24N6O3S/c1-2-27-24-20(23-25-27)18-8-4-5-9-19(18)22-21(28)16-10-12-17(13-11-16)31(29,30)26-14-6-3-7-15-26/h4-5,8-13H,2-3,6-7,14-15H2,1H3,(H,22,28). The van der Waals surface area contributed by atoms with Crippen LogP contribution in [0.4, 0.5) is 5.69 Å². The molecule has 0 atom stereocenters. The van der Waals surface area contributed by atoms with E-state index in [4.69, 9.17) is 0 Å². The first-order valence-electron chi connectivity index (χ1n) is 10.3. The summed E-state index contributed by atoms with van der Waals surface area (Å²) in [5.41, 5.74) is 1.56. The smallest absolute Gasteiger partial charge is 0.255 e. The number of nitrogens with one attached hydrogen (secondary N) is 1. The SMILES string of the molecule is CCn1nnc(-c2ccccc2NC(=O)c2ccc(S(=O)(=O)N3CCCCC3)cc2)n1. The molecule has 0 spiro atoms. The van der Waals surface area contributed by atoms with Crippen molar-refractivity contribution in [1.29, 1.82) is 0 Å². The monoisotopic (exact) mass is 440 g/mol. The average Bonchev–Trinajstić information content (AvgIpc) is 3.29. The zero-order valence-electron chi connectivity index (χ0n) is 17.2. The van der Waals surface area contributed by atoms with E-state index in [1.807, 2.05) is 13.0 Å². The van der Waals surface area contributed by atoms with Gasteiger partial charge in [0, 0.05) is 24.2 Å². The molecular weight excluding hydrogens is 416 g/mol. The predicted octanol–water partition coefficient (Wildman–Crippen LogP) is 2.79. The number of benzene rings is 2. The first-order chi connectivity index (χ1) is 15.0. The third kappa shape index (κ3) is 4.49. The van der Waals surface area contributed by atoms with Gasteiger partial charge in [0.05, 0.1) is 17.1 Å². The largest absolute Gasteiger partial charge is 0.321 e. The molecule has 0 saturated carbocycles. The van der Waals surface area contributed by atoms with E-state index in [0.29, 0.717) is 42.3 Å². The van der Waals surface area contributed by atoms with E-state index in [1.54, 1.807) is 18.2 Å². The molecule has 2 heterocycles. The third-order valence-corrected chi connectivity index (χ3v) is 7.13. The van der Waals surface area contributed by atoms with Gasteiger partial charge >= 0.3 is 0 Å². The van der Waals surface area contributed by atoms with Crippen LogP contribution in [0.1, 0.15) is 36.5 Å². The number of nitrogens with zero attached hydrogens (tertiary/aromatic N) is 5. The molecule has 1 N–H and O–H groups in total. The van der Waals surface area contributed by atoms with Crippen molar-refractivity contribution in [2.45, 2.75) is 37.6 Å². The van der Waals surface area contributed by atoms with E-state index in [0.717, 1.165) is 19.3 Å². The zero-order chi connectivity index (χ0) is 21.8. The van der Waals surface area contributed by atoms with Crippen molar-refractivity contribution in [1.82, 2.24) is 24.5 Å². The van der Waals surface area contributed by atoms with Crippen molar-refractivity contribution < 1.29 is 13.2 Å². The minimum atomic E-state index is -3.53. The van der Waals surface area contributed by atoms with Crippen molar-refractivity contribution >= 4 is 21.6 Å². The number of para-hydroxylation sites is 1. The second-order valence-corrected chi connectivity index (χ2v) is 9.23. The molecule has 0 unspecified atom stereocenters. The summed E-state index contributed by atoms with van der Waals surface area (Å²) >= 11 is 0. The number of amides is 1. The lowest BCUT2D eigenvalue weighted by Gasteiger charge is -2.25. The first kappa shape index (κ1) is 21.1. The molecule has 1 aliphatic heterocycles. The quantitative estimate of drug-likeness (QED) is 0.631. The minimum absolute atomic E-state index is 0.201. The van der Waals surface area contributed by atoms with Gasteiger partial charge < -0.3 is 5.32 Å². The summed E-state index contributed by atoms with van der Waals surface area (Å²) in [5, 5.41) is 15.2. The summed E-state index contributed by atoms with van der Waals surface area (Å²) in [6.07, 6.45) is 2.80. The normalized spacial score (nSPS) is 15.0. The number of carbonyl (C=O) groups excluding carboxylic acids is 1. The van der Waals surface area contributed by atoms with E-state index in [-0.39, 0.29) is 10.8 Å². The molecule has 2 aromatic carbocycles. The number of hydrogen-bond acceptors (Lipinski definition) is 6. The van der Waals surface area contributed by atoms with Gasteiger partial charge in [0.15, 0.2) is 0 Å². The second-order valence-electron chi connectivity index (χ2n) is 7.29. The number of hydrogen-bond donors (Lipinski definition) is 1. The third-order valence-electron chi connectivity index (χ3n) is 5.22. The fourth-order valence-electron chi connectivity index (χ4n) is 3.50. The van der Waals surface area contributed by atoms with E-state index >= 15 is 0 Å². The Morgan fingerprint density at radius 2 is 1.74 bits per heavy atom. The summed E-state index contributed by atoms with van der Waals surface area (Å²) in [5.74, 6) is 0.0676. The highest BCUT2D eigenvalue weighted by molar-refractivity contribution is 7.89. The van der Waals surface area contributed by atoms with Gasteiger partial charge in [-0.2, -0.15) is 9.10 Å². The Morgan fingerprint density at radius 1 is 1.03 bits per heavy atom. The number of aromatic nitrogens is 4. The van der Waals surface area contributed by atoms with E-state index in [2.05, 4.69) is 20.7 Å². The molecule has 9 nitrogen and oxygen atoms in total. The number of rotatable bonds is 6. The van der Waals surface area contributed by atoms with Crippen LogP contribution in [0.25, 0.3) is 11.4 Å². The molecule has 0 radical (unpaired) electrons. The van der Waals surface area contributed by atoms with Crippen LogP contribution in [-0.2, 0) is 16.6 Å². The molecule has 10 heteroatoms. The Kier molecular flexibility index (Phi) is 6.10. The van der Waals surface area contributed by atoms with Crippen molar-refractivity contribution in [3.8, 4) is 11.4 Å². The molecule has 1 aromatic heterocycles. The van der Waals surface area contributed by atoms with Crippen LogP contribution >= 0.6 is 0 Å². The molecule has 0 bridgehead atoms. The molecular formula is C21H24N6O3S. The molecule has 1 saturated heterocycles. The van der Waals surface area contributed by atoms with Gasteiger partial charge in [0.2, 0.25) is 15.8 Å². The Hall–Kier alpha value is -3.11. The topological polar surface area (TPSA) is 110 Å². The number of carbonyl (C=O) groups is 1. The molecule has 4 rings (SSSR count). The summed E-state index contributed by atoms with van der Waals surface area (Å²) < 4.78 is 27.1. The fraction of sp³-hybridized carbons (Fsp3) is 0.333. The van der Waals surface area contributed by atoms with Crippen LogP contribution in [0.5, 0.6) is 0 Å². The summed E-state index contributed by atoms with van der Waals surface area (Å²) in [6, 6.07) is 13.2. The first-order valence-corrected chi connectivity index (χ1v) is 11.7. The Morgan fingerprint density at radius 3 is 2.42 bits per heavy atom. The van der Waals surface area contributed by atoms with Gasteiger partial charge in [-0.05, 0) is 61.4 Å². The molecule has 1 amide bonds. The Labute approximate surface area is 181 Å². The number of sulfonamides is 1. The second kappa shape index (κ2) is 8.94. The van der Waals surface area contributed by atoms with E-state index in [1.165, 1.54) is 33.4 Å². The fourth-order valence-corrected chi connectivity index (χ4v) is 5.02. The van der Waals surface area contributed by atoms with Crippen molar-refractivity contribution in [2.24, 2.45) is 0 Å². The maximum absolute atomic E-state index is 12.8. The molecule has 3 aromatic rings. The maximum Gasteiger partial charge on any atom is 0.255 e. The number of piperidine rings is 1. The van der Waals surface area contributed by atoms with Crippen LogP contribution in [0, 0.1) is 0 Å². The number of anilines is 1. The summed E-state index contributed by atoms with van der Waals surface area (Å²) in [6.45, 7) is 3.58. The van der Waals surface area contributed by atoms with Gasteiger partial charge in [-0.15, -0.1) is 10.2 Å². The van der Waals surface area contributed by atoms with E-state index in [9.17, 15) is 13.2 Å². The molecule has 1 fully saturated rings. The zero-order valence-corrected chi connectivity index (χ0v) is 18.0. The Bertz CT molecular complexity index is 1170. The van der Waals surface area contributed by atoms with Gasteiger partial charge in [-0.1, -0.05) is 18.6 Å². The van der Waals surface area contributed by atoms with Gasteiger partial charge in [-0.3, -0.25) is 4.79 Å². The Balaban J connectivity index is 1.52. The lowest BCUT2D eigenvalue weighted by atomic mass is 10.1.